The third-order valence-electron chi connectivity index (χ3n) is 3.02. The number of Topliss-reactive ketones (excluding diaryl/α,β-unsaturated/α-hetero) is 1. The van der Waals surface area contributed by atoms with Crippen LogP contribution in [-0.4, -0.2) is 10.9 Å². The summed E-state index contributed by atoms with van der Waals surface area (Å²) in [7, 11) is 1.93. The topological polar surface area (TPSA) is 36.7 Å². The molecule has 88 valence electrons. The molecule has 1 heterocycles. The third kappa shape index (κ3) is 2.00. The van der Waals surface area contributed by atoms with E-state index in [9.17, 15) is 4.79 Å². The summed E-state index contributed by atoms with van der Waals surface area (Å²) in [4.78, 5) is 11.5. The lowest BCUT2D eigenvalue weighted by atomic mass is 10.0. The molecule has 1 aromatic heterocycles. The zero-order chi connectivity index (χ0) is 12.6. The van der Waals surface area contributed by atoms with Crippen LogP contribution >= 0.6 is 0 Å². The van der Waals surface area contributed by atoms with Gasteiger partial charge in [-0.05, 0) is 26.0 Å². The first-order chi connectivity index (χ1) is 8.00. The van der Waals surface area contributed by atoms with Crippen molar-refractivity contribution in [3.63, 3.8) is 0 Å². The van der Waals surface area contributed by atoms with Crippen molar-refractivity contribution >= 4 is 5.78 Å². The minimum absolute atomic E-state index is 0.0662. The highest BCUT2D eigenvalue weighted by molar-refractivity contribution is 5.94. The number of nitrogens with zero attached hydrogens (tertiary/aromatic N) is 1. The number of carbonyl (C=O) groups is 1. The van der Waals surface area contributed by atoms with E-state index in [2.05, 4.69) is 36.3 Å². The minimum Gasteiger partial charge on any atom is -0.293 e. The van der Waals surface area contributed by atoms with Crippen molar-refractivity contribution in [2.24, 2.45) is 7.05 Å². The molecule has 2 aromatic rings. The van der Waals surface area contributed by atoms with Crippen LogP contribution in [0, 0.1) is 13.8 Å². The van der Waals surface area contributed by atoms with Gasteiger partial charge in [0.15, 0.2) is 12.8 Å². The van der Waals surface area contributed by atoms with Crippen LogP contribution in [0.1, 0.15) is 28.5 Å². The standard InChI is InChI=1S/C14H16N2O/c1-9-5-7-12(8-6-9)14-10(2)13(11(3)17)15-16(14)4/h5-8H,1-4H3/p+1. The Kier molecular flexibility index (Phi) is 2.84. The Morgan fingerprint density at radius 2 is 1.76 bits per heavy atom. The van der Waals surface area contributed by atoms with Gasteiger partial charge in [-0.3, -0.25) is 4.79 Å². The molecule has 3 nitrogen and oxygen atoms in total. The normalized spacial score (nSPS) is 10.6. The van der Waals surface area contributed by atoms with E-state index in [4.69, 9.17) is 0 Å². The van der Waals surface area contributed by atoms with Crippen LogP contribution < -0.4 is 4.68 Å². The number of ketones is 1. The van der Waals surface area contributed by atoms with Gasteiger partial charge in [0.1, 0.15) is 5.69 Å². The first kappa shape index (κ1) is 11.6. The molecule has 1 N–H and O–H groups in total. The summed E-state index contributed by atoms with van der Waals surface area (Å²) in [6, 6.07) is 8.31. The first-order valence-corrected chi connectivity index (χ1v) is 5.67. The van der Waals surface area contributed by atoms with Crippen molar-refractivity contribution in [3.8, 4) is 11.3 Å². The summed E-state index contributed by atoms with van der Waals surface area (Å²) >= 11 is 0. The van der Waals surface area contributed by atoms with Gasteiger partial charge < -0.3 is 0 Å². The number of rotatable bonds is 2. The van der Waals surface area contributed by atoms with E-state index in [1.54, 1.807) is 6.92 Å². The number of H-pyrrole nitrogens is 1. The molecule has 0 aliphatic carbocycles. The molecular weight excluding hydrogens is 212 g/mol. The molecular formula is C14H17N2O+. The second-order valence-corrected chi connectivity index (χ2v) is 4.44. The lowest BCUT2D eigenvalue weighted by molar-refractivity contribution is -0.716. The van der Waals surface area contributed by atoms with Crippen molar-refractivity contribution in [2.45, 2.75) is 20.8 Å². The second kappa shape index (κ2) is 4.17. The van der Waals surface area contributed by atoms with Crippen molar-refractivity contribution in [1.29, 1.82) is 0 Å². The molecule has 0 atom stereocenters. The number of nitrogens with one attached hydrogen (secondary N) is 1. The average molecular weight is 229 g/mol. The molecule has 0 bridgehead atoms. The number of carbonyl (C=O) groups excluding carboxylic acids is 1. The molecule has 0 spiro atoms. The van der Waals surface area contributed by atoms with Gasteiger partial charge in [-0.1, -0.05) is 17.7 Å². The van der Waals surface area contributed by atoms with Gasteiger partial charge >= 0.3 is 0 Å². The van der Waals surface area contributed by atoms with E-state index < -0.39 is 0 Å². The molecule has 3 heteroatoms. The second-order valence-electron chi connectivity index (χ2n) is 4.44. The van der Waals surface area contributed by atoms with Crippen LogP contribution in [0.15, 0.2) is 24.3 Å². The summed E-state index contributed by atoms with van der Waals surface area (Å²) in [6.07, 6.45) is 0. The SMILES string of the molecule is CC(=O)c1[nH][n+](C)c(-c2ccc(C)cc2)c1C. The summed E-state index contributed by atoms with van der Waals surface area (Å²) in [5, 5.41) is 3.09. The maximum absolute atomic E-state index is 11.5. The number of aromatic amines is 1. The Hall–Kier alpha value is -1.90. The monoisotopic (exact) mass is 229 g/mol. The zero-order valence-corrected chi connectivity index (χ0v) is 10.7. The summed E-state index contributed by atoms with van der Waals surface area (Å²) in [6.45, 7) is 5.62. The molecule has 0 saturated heterocycles. The molecule has 0 fully saturated rings. The predicted molar refractivity (Wildman–Crippen MR) is 66.9 cm³/mol. The quantitative estimate of drug-likeness (QED) is 0.622. The third-order valence-corrected chi connectivity index (χ3v) is 3.02. The van der Waals surface area contributed by atoms with E-state index in [1.165, 1.54) is 5.56 Å². The van der Waals surface area contributed by atoms with Gasteiger partial charge in [0.25, 0.3) is 0 Å². The van der Waals surface area contributed by atoms with Crippen molar-refractivity contribution in [1.82, 2.24) is 5.10 Å². The van der Waals surface area contributed by atoms with Crippen molar-refractivity contribution < 1.29 is 9.48 Å². The molecule has 17 heavy (non-hydrogen) atoms. The molecule has 0 aliphatic rings. The Balaban J connectivity index is 2.59. The summed E-state index contributed by atoms with van der Waals surface area (Å²) in [5.74, 6) is 0.0662. The number of aromatic nitrogens is 2. The van der Waals surface area contributed by atoms with Crippen molar-refractivity contribution in [2.75, 3.05) is 0 Å². The van der Waals surface area contributed by atoms with Gasteiger partial charge in [0.2, 0.25) is 5.69 Å². The van der Waals surface area contributed by atoms with Gasteiger partial charge in [0.05, 0.1) is 5.56 Å². The van der Waals surface area contributed by atoms with Gasteiger partial charge in [-0.25, -0.2) is 0 Å². The van der Waals surface area contributed by atoms with Gasteiger partial charge in [0, 0.05) is 12.5 Å². The molecule has 2 rings (SSSR count). The van der Waals surface area contributed by atoms with Crippen LogP contribution in [-0.2, 0) is 7.05 Å². The highest BCUT2D eigenvalue weighted by Crippen LogP contribution is 2.22. The van der Waals surface area contributed by atoms with Crippen molar-refractivity contribution in [3.05, 3.63) is 41.1 Å². The molecule has 1 aromatic carbocycles. The predicted octanol–water partition coefficient (Wildman–Crippen LogP) is 2.33. The van der Waals surface area contributed by atoms with Crippen LogP contribution in [0.4, 0.5) is 0 Å². The molecule has 0 radical (unpaired) electrons. The largest absolute Gasteiger partial charge is 0.293 e. The Bertz CT molecular complexity index is 565. The molecule has 0 aliphatic heterocycles. The smallest absolute Gasteiger partial charge is 0.241 e. The maximum atomic E-state index is 11.5. The van der Waals surface area contributed by atoms with Gasteiger partial charge in [-0.15, -0.1) is 4.68 Å². The fraction of sp³-hybridized carbons (Fsp3) is 0.286. The van der Waals surface area contributed by atoms with E-state index in [0.717, 1.165) is 16.8 Å². The zero-order valence-electron chi connectivity index (χ0n) is 10.7. The van der Waals surface area contributed by atoms with Crippen LogP contribution in [0.2, 0.25) is 0 Å². The molecule has 0 amide bonds. The fourth-order valence-electron chi connectivity index (χ4n) is 2.14. The van der Waals surface area contributed by atoms with E-state index in [0.29, 0.717) is 5.69 Å². The molecule has 0 unspecified atom stereocenters. The maximum Gasteiger partial charge on any atom is 0.241 e. The number of hydrogen-bond donors (Lipinski definition) is 1. The average Bonchev–Trinajstić information content (AvgIpc) is 2.56. The van der Waals surface area contributed by atoms with Crippen LogP contribution in [0.3, 0.4) is 0 Å². The van der Waals surface area contributed by atoms with Gasteiger partial charge in [-0.2, -0.15) is 5.10 Å². The van der Waals surface area contributed by atoms with E-state index >= 15 is 0 Å². The Morgan fingerprint density at radius 3 is 2.24 bits per heavy atom. The summed E-state index contributed by atoms with van der Waals surface area (Å²) < 4.78 is 1.90. The van der Waals surface area contributed by atoms with Crippen LogP contribution in [0.5, 0.6) is 0 Å². The Morgan fingerprint density at radius 1 is 1.18 bits per heavy atom. The lowest BCUT2D eigenvalue weighted by Crippen LogP contribution is -2.32. The molecule has 0 saturated carbocycles. The van der Waals surface area contributed by atoms with E-state index in [-0.39, 0.29) is 5.78 Å². The highest BCUT2D eigenvalue weighted by atomic mass is 16.1. The number of hydrogen-bond acceptors (Lipinski definition) is 1. The highest BCUT2D eigenvalue weighted by Gasteiger charge is 2.22. The fourth-order valence-corrected chi connectivity index (χ4v) is 2.14. The Labute approximate surface area is 101 Å². The lowest BCUT2D eigenvalue weighted by Gasteiger charge is -1.97. The number of benzene rings is 1. The summed E-state index contributed by atoms with van der Waals surface area (Å²) in [5.41, 5.74) is 5.11. The first-order valence-electron chi connectivity index (χ1n) is 5.67. The minimum atomic E-state index is 0.0662. The van der Waals surface area contributed by atoms with E-state index in [1.807, 2.05) is 18.7 Å². The number of aryl methyl sites for hydroxylation is 2. The van der Waals surface area contributed by atoms with Crippen LogP contribution in [0.25, 0.3) is 11.3 Å².